The highest BCUT2D eigenvalue weighted by Gasteiger charge is 2.14. The van der Waals surface area contributed by atoms with Crippen molar-refractivity contribution < 1.29 is 13.6 Å². The Morgan fingerprint density at radius 2 is 2.12 bits per heavy atom. The normalized spacial score (nSPS) is 10.5. The summed E-state index contributed by atoms with van der Waals surface area (Å²) in [5, 5.41) is 3.91. The van der Waals surface area contributed by atoms with Gasteiger partial charge in [0.05, 0.1) is 0 Å². The number of ketones is 1. The lowest BCUT2D eigenvalue weighted by molar-refractivity contribution is 0.0986. The maximum atomic E-state index is 13.3. The molecule has 0 aliphatic heterocycles. The minimum Gasteiger partial charge on any atom is -0.292 e. The van der Waals surface area contributed by atoms with Crippen LogP contribution in [0, 0.1) is 11.6 Å². The molecule has 0 aliphatic rings. The number of halogens is 2. The van der Waals surface area contributed by atoms with Crippen molar-refractivity contribution in [3.63, 3.8) is 0 Å². The van der Waals surface area contributed by atoms with Crippen LogP contribution in [0.1, 0.15) is 16.1 Å². The van der Waals surface area contributed by atoms with Gasteiger partial charge in [0.15, 0.2) is 17.4 Å². The Kier molecular flexibility index (Phi) is 2.99. The van der Waals surface area contributed by atoms with Crippen LogP contribution in [0.3, 0.4) is 0 Å². The van der Waals surface area contributed by atoms with Crippen LogP contribution in [0.25, 0.3) is 0 Å². The van der Waals surface area contributed by atoms with Crippen LogP contribution in [0.2, 0.25) is 0 Å². The van der Waals surface area contributed by atoms with Crippen molar-refractivity contribution >= 4 is 5.78 Å². The summed E-state index contributed by atoms with van der Waals surface area (Å²) in [6.45, 7) is 0. The van der Waals surface area contributed by atoms with Crippen molar-refractivity contribution in [2.75, 3.05) is 0 Å². The number of rotatable bonds is 3. The van der Waals surface area contributed by atoms with Crippen LogP contribution in [-0.2, 0) is 13.5 Å². The molecule has 2 aromatic rings. The van der Waals surface area contributed by atoms with E-state index in [0.29, 0.717) is 0 Å². The molecule has 0 bridgehead atoms. The molecule has 0 spiro atoms. The van der Waals surface area contributed by atoms with Gasteiger partial charge >= 0.3 is 0 Å². The molecule has 0 fully saturated rings. The van der Waals surface area contributed by atoms with Gasteiger partial charge in [-0.15, -0.1) is 0 Å². The highest BCUT2D eigenvalue weighted by atomic mass is 19.2. The second-order valence-electron chi connectivity index (χ2n) is 3.69. The van der Waals surface area contributed by atoms with Gasteiger partial charge in [0.2, 0.25) is 0 Å². The van der Waals surface area contributed by atoms with Gasteiger partial charge in [0.1, 0.15) is 5.69 Å². The monoisotopic (exact) mass is 236 g/mol. The Labute approximate surface area is 96.7 Å². The van der Waals surface area contributed by atoms with E-state index in [1.807, 2.05) is 0 Å². The second-order valence-corrected chi connectivity index (χ2v) is 3.69. The van der Waals surface area contributed by atoms with Gasteiger partial charge in [-0.2, -0.15) is 5.10 Å². The summed E-state index contributed by atoms with van der Waals surface area (Å²) in [7, 11) is 1.68. The van der Waals surface area contributed by atoms with Gasteiger partial charge in [0, 0.05) is 19.7 Å². The van der Waals surface area contributed by atoms with E-state index in [4.69, 9.17) is 0 Å². The Hall–Kier alpha value is -2.04. The molecule has 0 saturated carbocycles. The molecule has 1 aromatic heterocycles. The van der Waals surface area contributed by atoms with Crippen LogP contribution >= 0.6 is 0 Å². The molecule has 0 atom stereocenters. The summed E-state index contributed by atoms with van der Waals surface area (Å²) in [6, 6.07) is 5.32. The lowest BCUT2D eigenvalue weighted by atomic mass is 10.1. The van der Waals surface area contributed by atoms with Gasteiger partial charge in [0.25, 0.3) is 0 Å². The standard InChI is InChI=1S/C12H10F2N2O/c1-16-6-5-10(15-16)11(17)7-8-3-2-4-9(13)12(8)14/h2-6H,7H2,1H3. The van der Waals surface area contributed by atoms with Crippen LogP contribution < -0.4 is 0 Å². The van der Waals surface area contributed by atoms with E-state index in [-0.39, 0.29) is 23.5 Å². The van der Waals surface area contributed by atoms with Gasteiger partial charge in [-0.1, -0.05) is 12.1 Å². The van der Waals surface area contributed by atoms with Crippen LogP contribution in [-0.4, -0.2) is 15.6 Å². The molecule has 5 heteroatoms. The van der Waals surface area contributed by atoms with Gasteiger partial charge in [-0.05, 0) is 17.7 Å². The first-order valence-corrected chi connectivity index (χ1v) is 5.03. The molecule has 1 heterocycles. The van der Waals surface area contributed by atoms with Crippen molar-refractivity contribution in [3.8, 4) is 0 Å². The van der Waals surface area contributed by atoms with E-state index in [1.54, 1.807) is 19.3 Å². The van der Waals surface area contributed by atoms with Crippen molar-refractivity contribution in [3.05, 3.63) is 53.4 Å². The molecule has 0 saturated heterocycles. The minimum atomic E-state index is -0.975. The third-order valence-electron chi connectivity index (χ3n) is 2.38. The molecule has 1 aromatic carbocycles. The van der Waals surface area contributed by atoms with Crippen molar-refractivity contribution in [1.82, 2.24) is 9.78 Å². The van der Waals surface area contributed by atoms with E-state index in [9.17, 15) is 13.6 Å². The number of carbonyl (C=O) groups excluding carboxylic acids is 1. The van der Waals surface area contributed by atoms with Gasteiger partial charge < -0.3 is 0 Å². The molecule has 2 rings (SSSR count). The SMILES string of the molecule is Cn1ccc(C(=O)Cc2cccc(F)c2F)n1. The average Bonchev–Trinajstić information content (AvgIpc) is 2.72. The van der Waals surface area contributed by atoms with E-state index >= 15 is 0 Å². The number of nitrogens with zero attached hydrogens (tertiary/aromatic N) is 2. The van der Waals surface area contributed by atoms with E-state index < -0.39 is 11.6 Å². The summed E-state index contributed by atoms with van der Waals surface area (Å²) in [5.41, 5.74) is 0.289. The van der Waals surface area contributed by atoms with Crippen LogP contribution in [0.5, 0.6) is 0 Å². The maximum absolute atomic E-state index is 13.3. The number of aromatic nitrogens is 2. The summed E-state index contributed by atoms with van der Waals surface area (Å²) in [4.78, 5) is 11.7. The number of carbonyl (C=O) groups is 1. The molecule has 0 radical (unpaired) electrons. The average molecular weight is 236 g/mol. The first kappa shape index (κ1) is 11.4. The predicted octanol–water partition coefficient (Wildman–Crippen LogP) is 2.12. The lowest BCUT2D eigenvalue weighted by Gasteiger charge is -2.01. The van der Waals surface area contributed by atoms with E-state index in [1.165, 1.54) is 16.8 Å². The molecule has 88 valence electrons. The lowest BCUT2D eigenvalue weighted by Crippen LogP contribution is -2.07. The van der Waals surface area contributed by atoms with Crippen molar-refractivity contribution in [2.45, 2.75) is 6.42 Å². The number of aryl methyl sites for hydroxylation is 1. The molecule has 0 amide bonds. The molecule has 0 N–H and O–H groups in total. The first-order valence-electron chi connectivity index (χ1n) is 5.03. The summed E-state index contributed by atoms with van der Waals surface area (Å²) in [6.07, 6.45) is 1.43. The van der Waals surface area contributed by atoms with Gasteiger partial charge in [-0.3, -0.25) is 9.48 Å². The second kappa shape index (κ2) is 4.45. The third kappa shape index (κ3) is 2.38. The molecule has 0 unspecified atom stereocenters. The summed E-state index contributed by atoms with van der Waals surface area (Å²) in [5.74, 6) is -2.26. The fraction of sp³-hybridized carbons (Fsp3) is 0.167. The number of Topliss-reactive ketones (excluding diaryl/α,β-unsaturated/α-hetero) is 1. The fourth-order valence-electron chi connectivity index (χ4n) is 1.51. The summed E-state index contributed by atoms with van der Waals surface area (Å²) >= 11 is 0. The number of hydrogen-bond donors (Lipinski definition) is 0. The Morgan fingerprint density at radius 1 is 1.35 bits per heavy atom. The highest BCUT2D eigenvalue weighted by molar-refractivity contribution is 5.95. The zero-order chi connectivity index (χ0) is 12.4. The summed E-state index contributed by atoms with van der Waals surface area (Å²) < 4.78 is 27.7. The number of hydrogen-bond acceptors (Lipinski definition) is 2. The van der Waals surface area contributed by atoms with Crippen molar-refractivity contribution in [1.29, 1.82) is 0 Å². The highest BCUT2D eigenvalue weighted by Crippen LogP contribution is 2.13. The fourth-order valence-corrected chi connectivity index (χ4v) is 1.51. The molecular weight excluding hydrogens is 226 g/mol. The van der Waals surface area contributed by atoms with E-state index in [2.05, 4.69) is 5.10 Å². The van der Waals surface area contributed by atoms with Crippen LogP contribution in [0.4, 0.5) is 8.78 Å². The topological polar surface area (TPSA) is 34.9 Å². The first-order chi connectivity index (χ1) is 8.08. The minimum absolute atomic E-state index is 0.0423. The predicted molar refractivity (Wildman–Crippen MR) is 57.6 cm³/mol. The molecular formula is C12H10F2N2O. The molecule has 3 nitrogen and oxygen atoms in total. The van der Waals surface area contributed by atoms with Crippen LogP contribution in [0.15, 0.2) is 30.5 Å². The number of benzene rings is 1. The zero-order valence-corrected chi connectivity index (χ0v) is 9.15. The molecule has 0 aliphatic carbocycles. The van der Waals surface area contributed by atoms with Gasteiger partial charge in [-0.25, -0.2) is 8.78 Å². The third-order valence-corrected chi connectivity index (χ3v) is 2.38. The van der Waals surface area contributed by atoms with Crippen molar-refractivity contribution in [2.24, 2.45) is 7.05 Å². The Balaban J connectivity index is 2.21. The smallest absolute Gasteiger partial charge is 0.187 e. The quantitative estimate of drug-likeness (QED) is 0.765. The Bertz CT molecular complexity index is 563. The Morgan fingerprint density at radius 3 is 2.76 bits per heavy atom. The maximum Gasteiger partial charge on any atom is 0.187 e. The molecule has 17 heavy (non-hydrogen) atoms. The van der Waals surface area contributed by atoms with E-state index in [0.717, 1.165) is 6.07 Å². The largest absolute Gasteiger partial charge is 0.292 e. The zero-order valence-electron chi connectivity index (χ0n) is 9.15.